The van der Waals surface area contributed by atoms with Crippen LogP contribution in [0.1, 0.15) is 19.3 Å². The van der Waals surface area contributed by atoms with Crippen molar-refractivity contribution in [1.82, 2.24) is 15.1 Å². The molecular weight excluding hydrogens is 366 g/mol. The van der Waals surface area contributed by atoms with Crippen LogP contribution in [0.3, 0.4) is 0 Å². The summed E-state index contributed by atoms with van der Waals surface area (Å²) < 4.78 is 21.0. The second-order valence-corrected chi connectivity index (χ2v) is 6.78. The summed E-state index contributed by atoms with van der Waals surface area (Å²) in [5, 5.41) is 3.01. The molecule has 0 bridgehead atoms. The Morgan fingerprint density at radius 1 is 1.07 bits per heavy atom. The van der Waals surface area contributed by atoms with Gasteiger partial charge in [-0.25, -0.2) is 0 Å². The third-order valence-electron chi connectivity index (χ3n) is 4.63. The number of likely N-dealkylation sites (N-methyl/N-ethyl adjacent to an activating group) is 2. The van der Waals surface area contributed by atoms with Crippen LogP contribution in [0.2, 0.25) is 0 Å². The van der Waals surface area contributed by atoms with Gasteiger partial charge in [-0.05, 0) is 19.9 Å². The number of carbonyl (C=O) groups is 2. The monoisotopic (exact) mass is 403 g/mol. The van der Waals surface area contributed by atoms with Gasteiger partial charge in [-0.15, -0.1) is 0 Å². The maximum Gasteiger partial charge on any atom is 0.248 e. The molecule has 0 aromatic heterocycles. The van der Waals surface area contributed by atoms with Crippen LogP contribution in [0.5, 0.6) is 0 Å². The van der Waals surface area contributed by atoms with Gasteiger partial charge in [-0.1, -0.05) is 0 Å². The van der Waals surface area contributed by atoms with E-state index in [2.05, 4.69) is 5.32 Å². The van der Waals surface area contributed by atoms with Crippen LogP contribution in [0.4, 0.5) is 0 Å². The van der Waals surface area contributed by atoms with Crippen LogP contribution in [0.15, 0.2) is 0 Å². The third kappa shape index (κ3) is 10.3. The molecule has 2 amide bonds. The molecule has 1 N–H and O–H groups in total. The topological polar surface area (TPSA) is 89.6 Å². The summed E-state index contributed by atoms with van der Waals surface area (Å²) in [5.41, 5.74) is 0. The molecule has 28 heavy (non-hydrogen) atoms. The van der Waals surface area contributed by atoms with E-state index in [0.29, 0.717) is 59.2 Å². The molecule has 1 atom stereocenters. The Labute approximate surface area is 168 Å². The van der Waals surface area contributed by atoms with Gasteiger partial charge in [0, 0.05) is 46.3 Å². The van der Waals surface area contributed by atoms with Crippen molar-refractivity contribution in [3.8, 4) is 0 Å². The highest BCUT2D eigenvalue weighted by Crippen LogP contribution is 2.21. The molecule has 0 spiro atoms. The maximum atomic E-state index is 12.4. The molecule has 1 aliphatic rings. The Balaban J connectivity index is 2.23. The summed E-state index contributed by atoms with van der Waals surface area (Å²) in [7, 11) is 5.26. The van der Waals surface area contributed by atoms with Crippen molar-refractivity contribution < 1.29 is 28.5 Å². The molecule has 164 valence electrons. The van der Waals surface area contributed by atoms with Crippen LogP contribution < -0.4 is 5.32 Å². The SMILES string of the molecule is CNCCOCCN(C)C(=O)CC1CCCN1C(=O)COCCOCCOC. The largest absolute Gasteiger partial charge is 0.382 e. The third-order valence-corrected chi connectivity index (χ3v) is 4.63. The zero-order valence-electron chi connectivity index (χ0n) is 17.6. The highest BCUT2D eigenvalue weighted by Gasteiger charge is 2.31. The summed E-state index contributed by atoms with van der Waals surface area (Å²) in [4.78, 5) is 28.3. The highest BCUT2D eigenvalue weighted by molar-refractivity contribution is 5.80. The first-order valence-corrected chi connectivity index (χ1v) is 10.00. The van der Waals surface area contributed by atoms with E-state index in [1.807, 2.05) is 7.05 Å². The van der Waals surface area contributed by atoms with Crippen molar-refractivity contribution in [2.45, 2.75) is 25.3 Å². The van der Waals surface area contributed by atoms with E-state index in [1.165, 1.54) is 0 Å². The Bertz CT molecular complexity index is 438. The number of carbonyl (C=O) groups excluding carboxylic acids is 2. The van der Waals surface area contributed by atoms with Crippen molar-refractivity contribution in [2.24, 2.45) is 0 Å². The number of likely N-dealkylation sites (tertiary alicyclic amines) is 1. The van der Waals surface area contributed by atoms with Crippen LogP contribution in [0, 0.1) is 0 Å². The number of methoxy groups -OCH3 is 1. The fourth-order valence-electron chi connectivity index (χ4n) is 2.94. The molecule has 0 aromatic rings. The van der Waals surface area contributed by atoms with Gasteiger partial charge in [0.25, 0.3) is 0 Å². The minimum absolute atomic E-state index is 0.0213. The number of nitrogens with one attached hydrogen (secondary N) is 1. The van der Waals surface area contributed by atoms with Crippen molar-refractivity contribution in [1.29, 1.82) is 0 Å². The van der Waals surface area contributed by atoms with E-state index < -0.39 is 0 Å². The highest BCUT2D eigenvalue weighted by atomic mass is 16.5. The standard InChI is InChI=1S/C19H37N3O6/c1-20-6-9-26-10-8-21(2)18(23)15-17-5-4-7-22(17)19(24)16-28-14-13-27-12-11-25-3/h17,20H,4-16H2,1-3H3. The molecule has 0 aromatic carbocycles. The molecule has 9 heteroatoms. The zero-order chi connectivity index (χ0) is 20.6. The molecule has 0 saturated carbocycles. The Morgan fingerprint density at radius 3 is 2.54 bits per heavy atom. The lowest BCUT2D eigenvalue weighted by Gasteiger charge is -2.26. The van der Waals surface area contributed by atoms with E-state index in [-0.39, 0.29) is 24.5 Å². The Morgan fingerprint density at radius 2 is 1.79 bits per heavy atom. The number of nitrogens with zero attached hydrogens (tertiary/aromatic N) is 2. The summed E-state index contributed by atoms with van der Waals surface area (Å²) in [6.07, 6.45) is 2.11. The molecular formula is C19H37N3O6. The zero-order valence-corrected chi connectivity index (χ0v) is 17.6. The number of ether oxygens (including phenoxy) is 4. The van der Waals surface area contributed by atoms with Crippen LogP contribution in [-0.2, 0) is 28.5 Å². The average molecular weight is 404 g/mol. The Hall–Kier alpha value is -1.26. The maximum absolute atomic E-state index is 12.4. The van der Waals surface area contributed by atoms with Crippen LogP contribution >= 0.6 is 0 Å². The van der Waals surface area contributed by atoms with Gasteiger partial charge in [0.2, 0.25) is 11.8 Å². The lowest BCUT2D eigenvalue weighted by Crippen LogP contribution is -2.41. The van der Waals surface area contributed by atoms with E-state index in [4.69, 9.17) is 18.9 Å². The first-order valence-electron chi connectivity index (χ1n) is 10.00. The van der Waals surface area contributed by atoms with Crippen LogP contribution in [-0.4, -0.2) is 115 Å². The van der Waals surface area contributed by atoms with Crippen molar-refractivity contribution in [2.75, 3.05) is 87.1 Å². The van der Waals surface area contributed by atoms with Crippen molar-refractivity contribution in [3.05, 3.63) is 0 Å². The quantitative estimate of drug-likeness (QED) is 0.355. The molecule has 9 nitrogen and oxygen atoms in total. The molecule has 1 saturated heterocycles. The van der Waals surface area contributed by atoms with Gasteiger partial charge in [0.1, 0.15) is 6.61 Å². The number of hydrogen-bond acceptors (Lipinski definition) is 7. The predicted molar refractivity (Wildman–Crippen MR) is 105 cm³/mol. The summed E-state index contributed by atoms with van der Waals surface area (Å²) >= 11 is 0. The first kappa shape index (κ1) is 24.8. The van der Waals surface area contributed by atoms with E-state index in [0.717, 1.165) is 19.4 Å². The minimum Gasteiger partial charge on any atom is -0.382 e. The fraction of sp³-hybridized carbons (Fsp3) is 0.895. The summed E-state index contributed by atoms with van der Waals surface area (Å²) in [6, 6.07) is -0.0470. The van der Waals surface area contributed by atoms with Gasteiger partial charge in [0.05, 0.1) is 39.6 Å². The Kier molecular flexibility index (Phi) is 13.8. The summed E-state index contributed by atoms with van der Waals surface area (Å²) in [6.45, 7) is 5.03. The van der Waals surface area contributed by atoms with E-state index in [1.54, 1.807) is 24.0 Å². The number of rotatable bonds is 16. The van der Waals surface area contributed by atoms with Crippen LogP contribution in [0.25, 0.3) is 0 Å². The van der Waals surface area contributed by atoms with Crippen molar-refractivity contribution in [3.63, 3.8) is 0 Å². The second-order valence-electron chi connectivity index (χ2n) is 6.78. The lowest BCUT2D eigenvalue weighted by molar-refractivity contribution is -0.139. The fourth-order valence-corrected chi connectivity index (χ4v) is 2.94. The number of hydrogen-bond donors (Lipinski definition) is 1. The van der Waals surface area contributed by atoms with Gasteiger partial charge >= 0.3 is 0 Å². The minimum atomic E-state index is -0.0646. The van der Waals surface area contributed by atoms with Crippen molar-refractivity contribution >= 4 is 11.8 Å². The van der Waals surface area contributed by atoms with E-state index >= 15 is 0 Å². The lowest BCUT2D eigenvalue weighted by atomic mass is 10.1. The smallest absolute Gasteiger partial charge is 0.248 e. The normalized spacial score (nSPS) is 16.5. The van der Waals surface area contributed by atoms with Gasteiger partial charge in [-0.3, -0.25) is 9.59 Å². The molecule has 1 fully saturated rings. The summed E-state index contributed by atoms with van der Waals surface area (Å²) in [5.74, 6) is -0.0281. The predicted octanol–water partition coefficient (Wildman–Crippen LogP) is -0.258. The van der Waals surface area contributed by atoms with Gasteiger partial charge < -0.3 is 34.1 Å². The second kappa shape index (κ2) is 15.6. The molecule has 1 rings (SSSR count). The first-order chi connectivity index (χ1) is 13.6. The molecule has 0 radical (unpaired) electrons. The van der Waals surface area contributed by atoms with Gasteiger partial charge in [-0.2, -0.15) is 0 Å². The average Bonchev–Trinajstić information content (AvgIpc) is 3.15. The molecule has 1 heterocycles. The molecule has 0 aliphatic carbocycles. The molecule has 1 unspecified atom stereocenters. The van der Waals surface area contributed by atoms with Gasteiger partial charge in [0.15, 0.2) is 0 Å². The van der Waals surface area contributed by atoms with E-state index in [9.17, 15) is 9.59 Å². The number of amides is 2. The molecule has 1 aliphatic heterocycles.